The first-order valence-corrected chi connectivity index (χ1v) is 8.82. The minimum atomic E-state index is -1.34. The molecule has 0 radical (unpaired) electrons. The molecule has 0 atom stereocenters. The second kappa shape index (κ2) is 7.90. The number of rotatable bonds is 6. The quantitative estimate of drug-likeness (QED) is 0.504. The Morgan fingerprint density at radius 1 is 0.931 bits per heavy atom. The van der Waals surface area contributed by atoms with Crippen molar-refractivity contribution in [1.82, 2.24) is 0 Å². The number of carbonyl (C=O) groups excluding carboxylic acids is 1. The molecule has 0 fully saturated rings. The first-order chi connectivity index (χ1) is 14.1. The zero-order valence-electron chi connectivity index (χ0n) is 15.2. The summed E-state index contributed by atoms with van der Waals surface area (Å²) in [6, 6.07) is 21.5. The third-order valence-electron chi connectivity index (χ3n) is 4.26. The van der Waals surface area contributed by atoms with Crippen LogP contribution in [0.3, 0.4) is 0 Å². The zero-order valence-corrected chi connectivity index (χ0v) is 15.2. The average Bonchev–Trinajstić information content (AvgIpc) is 2.75. The van der Waals surface area contributed by atoms with E-state index in [0.717, 1.165) is 11.1 Å². The van der Waals surface area contributed by atoms with Crippen molar-refractivity contribution in [2.24, 2.45) is 0 Å². The Bertz CT molecular complexity index is 1230. The van der Waals surface area contributed by atoms with E-state index in [1.54, 1.807) is 6.07 Å². The maximum Gasteiger partial charge on any atom is 0.235 e. The molecular formula is C23H15O6-. The molecule has 29 heavy (non-hydrogen) atoms. The summed E-state index contributed by atoms with van der Waals surface area (Å²) in [5.41, 5.74) is 1.72. The van der Waals surface area contributed by atoms with Crippen molar-refractivity contribution in [1.29, 1.82) is 0 Å². The van der Waals surface area contributed by atoms with Crippen molar-refractivity contribution in [3.63, 3.8) is 0 Å². The second-order valence-corrected chi connectivity index (χ2v) is 6.21. The van der Waals surface area contributed by atoms with Gasteiger partial charge in [0.1, 0.15) is 30.0 Å². The number of benzene rings is 3. The smallest absolute Gasteiger partial charge is 0.235 e. The minimum Gasteiger partial charge on any atom is -0.546 e. The van der Waals surface area contributed by atoms with E-state index in [1.807, 2.05) is 48.5 Å². The molecule has 1 heterocycles. The van der Waals surface area contributed by atoms with E-state index in [-0.39, 0.29) is 22.5 Å². The number of aliphatic carboxylic acids is 1. The van der Waals surface area contributed by atoms with Gasteiger partial charge < -0.3 is 23.8 Å². The Morgan fingerprint density at radius 3 is 2.48 bits per heavy atom. The highest BCUT2D eigenvalue weighted by atomic mass is 16.5. The number of fused-ring (bicyclic) bond motifs is 1. The van der Waals surface area contributed by atoms with Crippen LogP contribution in [0, 0.1) is 0 Å². The first-order valence-electron chi connectivity index (χ1n) is 8.82. The molecule has 0 bridgehead atoms. The van der Waals surface area contributed by atoms with Crippen molar-refractivity contribution >= 4 is 16.9 Å². The van der Waals surface area contributed by atoms with Crippen LogP contribution in [-0.4, -0.2) is 12.6 Å². The summed E-state index contributed by atoms with van der Waals surface area (Å²) in [7, 11) is 0. The van der Waals surface area contributed by atoms with Crippen LogP contribution < -0.4 is 20.0 Å². The lowest BCUT2D eigenvalue weighted by Gasteiger charge is -2.11. The summed E-state index contributed by atoms with van der Waals surface area (Å²) in [5, 5.41) is 10.8. The van der Waals surface area contributed by atoms with Crippen molar-refractivity contribution < 1.29 is 23.8 Å². The van der Waals surface area contributed by atoms with Crippen LogP contribution >= 0.6 is 0 Å². The normalized spacial score (nSPS) is 10.6. The molecule has 0 saturated heterocycles. The van der Waals surface area contributed by atoms with Gasteiger partial charge in [0.05, 0.1) is 11.4 Å². The van der Waals surface area contributed by atoms with Gasteiger partial charge >= 0.3 is 0 Å². The topological polar surface area (TPSA) is 88.8 Å². The molecule has 0 aliphatic heterocycles. The van der Waals surface area contributed by atoms with Crippen molar-refractivity contribution in [2.75, 3.05) is 6.61 Å². The minimum absolute atomic E-state index is 0.0456. The highest BCUT2D eigenvalue weighted by molar-refractivity contribution is 5.79. The molecule has 0 amide bonds. The van der Waals surface area contributed by atoms with Crippen molar-refractivity contribution in [3.8, 4) is 28.4 Å². The number of carboxylic acid groups (broad SMARTS) is 1. The number of carbonyl (C=O) groups is 1. The molecule has 0 unspecified atom stereocenters. The van der Waals surface area contributed by atoms with Crippen LogP contribution in [0.25, 0.3) is 22.1 Å². The van der Waals surface area contributed by atoms with Crippen molar-refractivity contribution in [3.05, 3.63) is 89.3 Å². The van der Waals surface area contributed by atoms with Gasteiger partial charge in [-0.3, -0.25) is 4.79 Å². The Labute approximate surface area is 165 Å². The monoisotopic (exact) mass is 387 g/mol. The molecule has 4 rings (SSSR count). The van der Waals surface area contributed by atoms with Crippen LogP contribution in [0.15, 0.2) is 88.3 Å². The Kier molecular flexibility index (Phi) is 4.99. The van der Waals surface area contributed by atoms with E-state index >= 15 is 0 Å². The molecule has 0 aliphatic rings. The standard InChI is InChI=1S/C23H16O6/c24-22(25)14-27-16-10-11-18-20(12-16)28-13-21(23(18)26)29-19-9-5-4-8-17(19)15-6-2-1-3-7-15/h1-13H,14H2,(H,24,25)/p-1. The van der Waals surface area contributed by atoms with Crippen LogP contribution in [-0.2, 0) is 4.79 Å². The Balaban J connectivity index is 1.68. The highest BCUT2D eigenvalue weighted by Gasteiger charge is 2.13. The molecule has 1 aromatic heterocycles. The summed E-state index contributed by atoms with van der Waals surface area (Å²) in [4.78, 5) is 23.3. The molecule has 6 nitrogen and oxygen atoms in total. The van der Waals surface area contributed by atoms with Crippen LogP contribution in [0.5, 0.6) is 17.2 Å². The largest absolute Gasteiger partial charge is 0.546 e. The number of ether oxygens (including phenoxy) is 2. The van der Waals surface area contributed by atoms with Gasteiger partial charge in [0.2, 0.25) is 11.2 Å². The summed E-state index contributed by atoms with van der Waals surface area (Å²) in [5.74, 6) is -0.510. The maximum absolute atomic E-state index is 12.8. The fraction of sp³-hybridized carbons (Fsp3) is 0.0435. The van der Waals surface area contributed by atoms with Crippen LogP contribution in [0.4, 0.5) is 0 Å². The molecular weight excluding hydrogens is 372 g/mol. The predicted octanol–water partition coefficient (Wildman–Crippen LogP) is 3.38. The predicted molar refractivity (Wildman–Crippen MR) is 105 cm³/mol. The molecule has 4 aromatic rings. The van der Waals surface area contributed by atoms with E-state index in [0.29, 0.717) is 11.1 Å². The molecule has 144 valence electrons. The van der Waals surface area contributed by atoms with Gasteiger partial charge in [0, 0.05) is 11.6 Å². The van der Waals surface area contributed by atoms with Gasteiger partial charge in [-0.15, -0.1) is 0 Å². The Morgan fingerprint density at radius 2 is 1.69 bits per heavy atom. The third-order valence-corrected chi connectivity index (χ3v) is 4.26. The Hall–Kier alpha value is -4.06. The molecule has 3 aromatic carbocycles. The van der Waals surface area contributed by atoms with Gasteiger partial charge in [-0.25, -0.2) is 0 Å². The molecule has 0 N–H and O–H groups in total. The van der Waals surface area contributed by atoms with Gasteiger partial charge in [-0.05, 0) is 23.8 Å². The maximum atomic E-state index is 12.8. The summed E-state index contributed by atoms with van der Waals surface area (Å²) >= 11 is 0. The number of hydrogen-bond donors (Lipinski definition) is 0. The number of para-hydroxylation sites is 1. The lowest BCUT2D eigenvalue weighted by Crippen LogP contribution is -2.28. The lowest BCUT2D eigenvalue weighted by molar-refractivity contribution is -0.307. The van der Waals surface area contributed by atoms with E-state index < -0.39 is 12.6 Å². The van der Waals surface area contributed by atoms with Crippen LogP contribution in [0.1, 0.15) is 0 Å². The molecule has 0 saturated carbocycles. The number of carboxylic acids is 1. The van der Waals surface area contributed by atoms with Gasteiger partial charge in [0.25, 0.3) is 0 Å². The van der Waals surface area contributed by atoms with Crippen LogP contribution in [0.2, 0.25) is 0 Å². The van der Waals surface area contributed by atoms with E-state index in [4.69, 9.17) is 13.9 Å². The number of hydrogen-bond acceptors (Lipinski definition) is 6. The second-order valence-electron chi connectivity index (χ2n) is 6.21. The van der Waals surface area contributed by atoms with Crippen molar-refractivity contribution in [2.45, 2.75) is 0 Å². The molecule has 0 aliphatic carbocycles. The van der Waals surface area contributed by atoms with E-state index in [1.165, 1.54) is 24.5 Å². The molecule has 6 heteroatoms. The first kappa shape index (κ1) is 18.3. The fourth-order valence-electron chi connectivity index (χ4n) is 2.92. The highest BCUT2D eigenvalue weighted by Crippen LogP contribution is 2.32. The third kappa shape index (κ3) is 3.96. The molecule has 0 spiro atoms. The summed E-state index contributed by atoms with van der Waals surface area (Å²) < 4.78 is 16.5. The lowest BCUT2D eigenvalue weighted by atomic mass is 10.1. The SMILES string of the molecule is O=C([O-])COc1ccc2c(=O)c(Oc3ccccc3-c3ccccc3)coc2c1. The average molecular weight is 387 g/mol. The van der Waals surface area contributed by atoms with E-state index in [9.17, 15) is 14.7 Å². The van der Waals surface area contributed by atoms with E-state index in [2.05, 4.69) is 0 Å². The fourth-order valence-corrected chi connectivity index (χ4v) is 2.92. The van der Waals surface area contributed by atoms with Gasteiger partial charge in [-0.2, -0.15) is 0 Å². The summed E-state index contributed by atoms with van der Waals surface area (Å²) in [6.07, 6.45) is 1.23. The van der Waals surface area contributed by atoms with Gasteiger partial charge in [0.15, 0.2) is 0 Å². The van der Waals surface area contributed by atoms with Gasteiger partial charge in [-0.1, -0.05) is 48.5 Å². The zero-order chi connectivity index (χ0) is 20.2. The summed E-state index contributed by atoms with van der Waals surface area (Å²) in [6.45, 7) is -0.590.